The molecule has 0 saturated carbocycles. The maximum absolute atomic E-state index is 12.6. The highest BCUT2D eigenvalue weighted by Crippen LogP contribution is 2.21. The van der Waals surface area contributed by atoms with Crippen LogP contribution < -0.4 is 5.32 Å². The number of sulfonamides is 1. The van der Waals surface area contributed by atoms with Gasteiger partial charge in [0.2, 0.25) is 21.8 Å². The molecule has 0 radical (unpaired) electrons. The van der Waals surface area contributed by atoms with Crippen LogP contribution in [0.5, 0.6) is 0 Å². The molecule has 0 spiro atoms. The van der Waals surface area contributed by atoms with E-state index < -0.39 is 10.0 Å². The van der Waals surface area contributed by atoms with Crippen LogP contribution >= 0.6 is 0 Å². The summed E-state index contributed by atoms with van der Waals surface area (Å²) in [4.78, 5) is 26.7. The monoisotopic (exact) mass is 407 g/mol. The van der Waals surface area contributed by atoms with Crippen molar-refractivity contribution in [2.75, 3.05) is 37.2 Å². The topological polar surface area (TPSA) is 86.8 Å². The second kappa shape index (κ2) is 9.05. The fourth-order valence-corrected chi connectivity index (χ4v) is 4.97. The first kappa shape index (κ1) is 20.8. The number of hydrogen-bond donors (Lipinski definition) is 1. The van der Waals surface area contributed by atoms with E-state index in [1.807, 2.05) is 17.0 Å². The number of hydrogen-bond acceptors (Lipinski definition) is 4. The Kier molecular flexibility index (Phi) is 6.72. The second-order valence-corrected chi connectivity index (χ2v) is 9.81. The van der Waals surface area contributed by atoms with Gasteiger partial charge in [-0.1, -0.05) is 12.1 Å². The molecule has 1 atom stereocenters. The van der Waals surface area contributed by atoms with Gasteiger partial charge in [0.25, 0.3) is 0 Å². The van der Waals surface area contributed by atoms with Crippen LogP contribution in [0.3, 0.4) is 0 Å². The van der Waals surface area contributed by atoms with Crippen LogP contribution in [0.15, 0.2) is 24.3 Å². The lowest BCUT2D eigenvalue weighted by molar-refractivity contribution is -0.129. The number of benzene rings is 1. The van der Waals surface area contributed by atoms with Crippen LogP contribution in [0.4, 0.5) is 5.69 Å². The second-order valence-electron chi connectivity index (χ2n) is 7.55. The summed E-state index contributed by atoms with van der Waals surface area (Å²) in [6, 6.07) is 7.32. The van der Waals surface area contributed by atoms with Crippen LogP contribution in [0, 0.1) is 5.92 Å². The molecule has 2 fully saturated rings. The molecule has 154 valence electrons. The van der Waals surface area contributed by atoms with E-state index in [9.17, 15) is 18.0 Å². The summed E-state index contributed by atoms with van der Waals surface area (Å²) in [5.74, 6) is -0.295. The zero-order chi connectivity index (χ0) is 20.1. The van der Waals surface area contributed by atoms with Crippen molar-refractivity contribution in [3.05, 3.63) is 29.8 Å². The van der Waals surface area contributed by atoms with E-state index >= 15 is 0 Å². The minimum Gasteiger partial charge on any atom is -0.342 e. The Morgan fingerprint density at radius 2 is 1.75 bits per heavy atom. The third kappa shape index (κ3) is 5.11. The van der Waals surface area contributed by atoms with Gasteiger partial charge in [-0.3, -0.25) is 9.59 Å². The van der Waals surface area contributed by atoms with E-state index in [0.29, 0.717) is 31.5 Å². The highest BCUT2D eigenvalue weighted by molar-refractivity contribution is 7.89. The third-order valence-corrected chi connectivity index (χ3v) is 7.40. The third-order valence-electron chi connectivity index (χ3n) is 5.55. The van der Waals surface area contributed by atoms with Gasteiger partial charge in [0, 0.05) is 31.9 Å². The smallest absolute Gasteiger partial charge is 0.228 e. The Bertz CT molecular complexity index is 801. The summed E-state index contributed by atoms with van der Waals surface area (Å²) in [6.07, 6.45) is 3.91. The van der Waals surface area contributed by atoms with Crippen LogP contribution in [0.25, 0.3) is 0 Å². The van der Waals surface area contributed by atoms with Crippen molar-refractivity contribution < 1.29 is 18.0 Å². The Labute approximate surface area is 167 Å². The average molecular weight is 408 g/mol. The number of carbonyl (C=O) groups is 2. The predicted molar refractivity (Wildman–Crippen MR) is 108 cm³/mol. The highest BCUT2D eigenvalue weighted by Gasteiger charge is 2.31. The number of carbonyl (C=O) groups excluding carboxylic acids is 2. The SMILES string of the molecule is CCS(=O)(=O)N1CCC[C@@H](C(=O)Nc2ccc(CC(=O)N3CCCC3)cc2)C1. The molecular formula is C20H29N3O4S. The van der Waals surface area contributed by atoms with Gasteiger partial charge < -0.3 is 10.2 Å². The van der Waals surface area contributed by atoms with Crippen molar-refractivity contribution >= 4 is 27.5 Å². The summed E-state index contributed by atoms with van der Waals surface area (Å²) < 4.78 is 25.6. The summed E-state index contributed by atoms with van der Waals surface area (Å²) in [5, 5.41) is 2.88. The van der Waals surface area contributed by atoms with Crippen LogP contribution in [-0.2, 0) is 26.0 Å². The minimum absolute atomic E-state index is 0.0545. The van der Waals surface area contributed by atoms with E-state index in [0.717, 1.165) is 31.5 Å². The largest absolute Gasteiger partial charge is 0.342 e. The first-order chi connectivity index (χ1) is 13.4. The quantitative estimate of drug-likeness (QED) is 0.780. The molecule has 7 nitrogen and oxygen atoms in total. The number of amides is 2. The lowest BCUT2D eigenvalue weighted by atomic mass is 9.98. The number of likely N-dealkylation sites (tertiary alicyclic amines) is 1. The first-order valence-electron chi connectivity index (χ1n) is 10.0. The average Bonchev–Trinajstić information content (AvgIpc) is 3.24. The molecule has 0 aromatic heterocycles. The lowest BCUT2D eigenvalue weighted by Crippen LogP contribution is -2.44. The standard InChI is InChI=1S/C20H29N3O4S/c1-2-28(26,27)23-13-5-6-17(15-23)20(25)21-18-9-7-16(8-10-18)14-19(24)22-11-3-4-12-22/h7-10,17H,2-6,11-15H2,1H3,(H,21,25)/t17-/m1/s1. The maximum atomic E-state index is 12.6. The first-order valence-corrected chi connectivity index (χ1v) is 11.7. The fraction of sp³-hybridized carbons (Fsp3) is 0.600. The minimum atomic E-state index is -3.27. The van der Waals surface area contributed by atoms with Crippen molar-refractivity contribution in [1.29, 1.82) is 0 Å². The van der Waals surface area contributed by atoms with Gasteiger partial charge in [-0.25, -0.2) is 12.7 Å². The Hall–Kier alpha value is -1.93. The highest BCUT2D eigenvalue weighted by atomic mass is 32.2. The normalized spacial score (nSPS) is 20.9. The zero-order valence-electron chi connectivity index (χ0n) is 16.4. The predicted octanol–water partition coefficient (Wildman–Crippen LogP) is 1.85. The van der Waals surface area contributed by atoms with Crippen molar-refractivity contribution in [3.8, 4) is 0 Å². The van der Waals surface area contributed by atoms with Gasteiger partial charge >= 0.3 is 0 Å². The summed E-state index contributed by atoms with van der Waals surface area (Å²) in [7, 11) is -3.27. The van der Waals surface area contributed by atoms with E-state index in [2.05, 4.69) is 5.32 Å². The number of rotatable bonds is 6. The van der Waals surface area contributed by atoms with Crippen molar-refractivity contribution in [1.82, 2.24) is 9.21 Å². The molecule has 1 aromatic rings. The number of nitrogens with one attached hydrogen (secondary N) is 1. The summed E-state index contributed by atoms with van der Waals surface area (Å²) in [5.41, 5.74) is 1.59. The van der Waals surface area contributed by atoms with Gasteiger partial charge in [0.15, 0.2) is 0 Å². The van der Waals surface area contributed by atoms with E-state index in [4.69, 9.17) is 0 Å². The molecule has 2 saturated heterocycles. The van der Waals surface area contributed by atoms with E-state index in [1.54, 1.807) is 19.1 Å². The molecule has 8 heteroatoms. The molecule has 2 aliphatic heterocycles. The van der Waals surface area contributed by atoms with Gasteiger partial charge in [0.1, 0.15) is 0 Å². The Morgan fingerprint density at radius 3 is 2.39 bits per heavy atom. The number of piperidine rings is 1. The fourth-order valence-electron chi connectivity index (χ4n) is 3.79. The molecule has 1 N–H and O–H groups in total. The molecule has 0 aliphatic carbocycles. The molecule has 28 heavy (non-hydrogen) atoms. The summed E-state index contributed by atoms with van der Waals surface area (Å²) >= 11 is 0. The Balaban J connectivity index is 1.54. The molecule has 0 bridgehead atoms. The van der Waals surface area contributed by atoms with Gasteiger partial charge in [0.05, 0.1) is 18.1 Å². The molecule has 1 aromatic carbocycles. The summed E-state index contributed by atoms with van der Waals surface area (Å²) in [6.45, 7) is 4.04. The van der Waals surface area contributed by atoms with Crippen LogP contribution in [0.1, 0.15) is 38.2 Å². The molecule has 2 heterocycles. The van der Waals surface area contributed by atoms with Crippen molar-refractivity contribution in [2.45, 2.75) is 39.0 Å². The van der Waals surface area contributed by atoms with Crippen molar-refractivity contribution in [3.63, 3.8) is 0 Å². The molecule has 2 aliphatic rings. The van der Waals surface area contributed by atoms with Crippen molar-refractivity contribution in [2.24, 2.45) is 5.92 Å². The van der Waals surface area contributed by atoms with Gasteiger partial charge in [-0.15, -0.1) is 0 Å². The Morgan fingerprint density at radius 1 is 1.07 bits per heavy atom. The maximum Gasteiger partial charge on any atom is 0.228 e. The lowest BCUT2D eigenvalue weighted by Gasteiger charge is -2.30. The number of anilines is 1. The van der Waals surface area contributed by atoms with Gasteiger partial charge in [-0.2, -0.15) is 0 Å². The molecule has 0 unspecified atom stereocenters. The van der Waals surface area contributed by atoms with Crippen LogP contribution in [-0.4, -0.2) is 61.4 Å². The van der Waals surface area contributed by atoms with Gasteiger partial charge in [-0.05, 0) is 50.3 Å². The molecule has 3 rings (SSSR count). The zero-order valence-corrected chi connectivity index (χ0v) is 17.2. The number of nitrogens with zero attached hydrogens (tertiary/aromatic N) is 2. The van der Waals surface area contributed by atoms with E-state index in [1.165, 1.54) is 4.31 Å². The molecule has 2 amide bonds. The molecular weight excluding hydrogens is 378 g/mol. The van der Waals surface area contributed by atoms with Crippen LogP contribution in [0.2, 0.25) is 0 Å². The van der Waals surface area contributed by atoms with E-state index in [-0.39, 0.29) is 30.0 Å².